The fourth-order valence-electron chi connectivity index (χ4n) is 2.12. The molecule has 4 heteroatoms. The van der Waals surface area contributed by atoms with E-state index in [4.69, 9.17) is 0 Å². The van der Waals surface area contributed by atoms with E-state index in [2.05, 4.69) is 5.32 Å². The molecule has 0 aliphatic carbocycles. The smallest absolute Gasteiger partial charge is 0.244 e. The van der Waals surface area contributed by atoms with Crippen LogP contribution >= 0.6 is 0 Å². The number of piperidine rings is 1. The molecule has 0 aromatic rings. The van der Waals surface area contributed by atoms with Crippen molar-refractivity contribution in [3.63, 3.8) is 0 Å². The Morgan fingerprint density at radius 2 is 1.71 bits per heavy atom. The van der Waals surface area contributed by atoms with Crippen LogP contribution in [-0.2, 0) is 9.59 Å². The minimum atomic E-state index is -0.389. The number of hydrogen-bond acceptors (Lipinski definition) is 2. The van der Waals surface area contributed by atoms with E-state index in [1.165, 1.54) is 6.42 Å². The minimum absolute atomic E-state index is 0.0298. The maximum atomic E-state index is 12.0. The molecule has 0 aromatic carbocycles. The van der Waals surface area contributed by atoms with E-state index in [1.54, 1.807) is 6.92 Å². The van der Waals surface area contributed by atoms with Gasteiger partial charge in [-0.2, -0.15) is 0 Å². The van der Waals surface area contributed by atoms with E-state index in [-0.39, 0.29) is 17.9 Å². The maximum absolute atomic E-state index is 12.0. The van der Waals surface area contributed by atoms with Gasteiger partial charge in [0.05, 0.1) is 0 Å². The summed E-state index contributed by atoms with van der Waals surface area (Å²) >= 11 is 0. The maximum Gasteiger partial charge on any atom is 0.244 e. The number of carbonyl (C=O) groups excluding carboxylic acids is 2. The van der Waals surface area contributed by atoms with Crippen LogP contribution in [0.1, 0.15) is 46.5 Å². The van der Waals surface area contributed by atoms with Crippen molar-refractivity contribution in [2.24, 2.45) is 5.92 Å². The minimum Gasteiger partial charge on any atom is -0.345 e. The van der Waals surface area contributed by atoms with Crippen molar-refractivity contribution in [1.29, 1.82) is 0 Å². The van der Waals surface area contributed by atoms with Crippen LogP contribution in [-0.4, -0.2) is 35.8 Å². The topological polar surface area (TPSA) is 49.4 Å². The van der Waals surface area contributed by atoms with Crippen molar-refractivity contribution in [3.05, 3.63) is 0 Å². The summed E-state index contributed by atoms with van der Waals surface area (Å²) in [6, 6.07) is -0.389. The number of amides is 2. The number of nitrogens with one attached hydrogen (secondary N) is 1. The Balaban J connectivity index is 2.37. The van der Waals surface area contributed by atoms with Gasteiger partial charge in [-0.05, 0) is 32.1 Å². The highest BCUT2D eigenvalue weighted by Crippen LogP contribution is 2.10. The molecule has 0 spiro atoms. The molecule has 0 bridgehead atoms. The van der Waals surface area contributed by atoms with Crippen molar-refractivity contribution >= 4 is 11.8 Å². The second kappa shape index (κ2) is 6.62. The molecule has 4 nitrogen and oxygen atoms in total. The van der Waals surface area contributed by atoms with E-state index in [0.29, 0.717) is 12.3 Å². The van der Waals surface area contributed by atoms with Crippen LogP contribution in [0, 0.1) is 5.92 Å². The summed E-state index contributed by atoms with van der Waals surface area (Å²) in [5, 5.41) is 2.78. The third-order valence-electron chi connectivity index (χ3n) is 3.01. The lowest BCUT2D eigenvalue weighted by Crippen LogP contribution is -2.48. The molecular formula is C13H24N2O2. The van der Waals surface area contributed by atoms with Crippen LogP contribution in [0.2, 0.25) is 0 Å². The van der Waals surface area contributed by atoms with Gasteiger partial charge in [-0.3, -0.25) is 9.59 Å². The number of hydrogen-bond donors (Lipinski definition) is 1. The van der Waals surface area contributed by atoms with Gasteiger partial charge < -0.3 is 10.2 Å². The molecule has 1 rings (SSSR count). The average molecular weight is 240 g/mol. The van der Waals surface area contributed by atoms with Crippen molar-refractivity contribution in [1.82, 2.24) is 10.2 Å². The van der Waals surface area contributed by atoms with Crippen LogP contribution in [0.15, 0.2) is 0 Å². The van der Waals surface area contributed by atoms with Crippen LogP contribution < -0.4 is 5.32 Å². The van der Waals surface area contributed by atoms with Crippen molar-refractivity contribution in [2.45, 2.75) is 52.5 Å². The van der Waals surface area contributed by atoms with Crippen LogP contribution in [0.4, 0.5) is 0 Å². The summed E-state index contributed by atoms with van der Waals surface area (Å²) in [6.45, 7) is 7.44. The molecule has 1 aliphatic heterocycles. The predicted molar refractivity (Wildman–Crippen MR) is 67.5 cm³/mol. The molecule has 0 unspecified atom stereocenters. The Labute approximate surface area is 104 Å². The van der Waals surface area contributed by atoms with Crippen LogP contribution in [0.25, 0.3) is 0 Å². The van der Waals surface area contributed by atoms with E-state index >= 15 is 0 Å². The lowest BCUT2D eigenvalue weighted by molar-refractivity contribution is -0.136. The molecule has 0 radical (unpaired) electrons. The number of rotatable bonds is 4. The highest BCUT2D eigenvalue weighted by Gasteiger charge is 2.23. The molecule has 98 valence electrons. The van der Waals surface area contributed by atoms with Gasteiger partial charge in [-0.15, -0.1) is 0 Å². The summed E-state index contributed by atoms with van der Waals surface area (Å²) in [5.74, 6) is 0.354. The van der Waals surface area contributed by atoms with E-state index < -0.39 is 0 Å². The first-order valence-electron chi connectivity index (χ1n) is 6.59. The summed E-state index contributed by atoms with van der Waals surface area (Å²) in [4.78, 5) is 25.5. The average Bonchev–Trinajstić information content (AvgIpc) is 2.28. The first-order chi connectivity index (χ1) is 8.00. The molecule has 0 aromatic heterocycles. The van der Waals surface area contributed by atoms with Gasteiger partial charge in [0.25, 0.3) is 0 Å². The van der Waals surface area contributed by atoms with Crippen LogP contribution in [0.3, 0.4) is 0 Å². The molecule has 2 amide bonds. The van der Waals surface area contributed by atoms with E-state index in [1.807, 2.05) is 18.7 Å². The lowest BCUT2D eigenvalue weighted by Gasteiger charge is -2.29. The number of nitrogens with zero attached hydrogens (tertiary/aromatic N) is 1. The van der Waals surface area contributed by atoms with Crippen molar-refractivity contribution in [2.75, 3.05) is 13.1 Å². The zero-order valence-electron chi connectivity index (χ0n) is 11.2. The highest BCUT2D eigenvalue weighted by molar-refractivity contribution is 5.87. The quantitative estimate of drug-likeness (QED) is 0.810. The van der Waals surface area contributed by atoms with Gasteiger partial charge in [-0.1, -0.05) is 13.8 Å². The Morgan fingerprint density at radius 3 is 2.24 bits per heavy atom. The Bertz CT molecular complexity index is 271. The normalized spacial score (nSPS) is 18.0. The zero-order chi connectivity index (χ0) is 12.8. The molecule has 1 atom stereocenters. The molecule has 1 N–H and O–H groups in total. The van der Waals surface area contributed by atoms with E-state index in [0.717, 1.165) is 25.9 Å². The third-order valence-corrected chi connectivity index (χ3v) is 3.01. The Morgan fingerprint density at radius 1 is 1.12 bits per heavy atom. The number of carbonyl (C=O) groups is 2. The largest absolute Gasteiger partial charge is 0.345 e. The molecule has 1 heterocycles. The first kappa shape index (κ1) is 14.0. The molecule has 17 heavy (non-hydrogen) atoms. The number of likely N-dealkylation sites (tertiary alicyclic amines) is 1. The highest BCUT2D eigenvalue weighted by atomic mass is 16.2. The fraction of sp³-hybridized carbons (Fsp3) is 0.846. The standard InChI is InChI=1S/C13H24N2O2/c1-10(2)9-12(16)14-11(3)13(17)15-7-5-4-6-8-15/h10-11H,4-9H2,1-3H3,(H,14,16)/t11-/m0/s1. The predicted octanol–water partition coefficient (Wildman–Crippen LogP) is 1.55. The van der Waals surface area contributed by atoms with Gasteiger partial charge in [0.15, 0.2) is 0 Å². The second-order valence-electron chi connectivity index (χ2n) is 5.27. The first-order valence-corrected chi connectivity index (χ1v) is 6.59. The van der Waals surface area contributed by atoms with Gasteiger partial charge in [0, 0.05) is 19.5 Å². The summed E-state index contributed by atoms with van der Waals surface area (Å²) in [6.07, 6.45) is 3.85. The summed E-state index contributed by atoms with van der Waals surface area (Å²) in [7, 11) is 0. The summed E-state index contributed by atoms with van der Waals surface area (Å²) < 4.78 is 0. The molecule has 1 saturated heterocycles. The third kappa shape index (κ3) is 4.75. The zero-order valence-corrected chi connectivity index (χ0v) is 11.2. The fourth-order valence-corrected chi connectivity index (χ4v) is 2.12. The van der Waals surface area contributed by atoms with Gasteiger partial charge in [0.2, 0.25) is 11.8 Å². The SMILES string of the molecule is CC(C)CC(=O)N[C@@H](C)C(=O)N1CCCCC1. The Hall–Kier alpha value is -1.06. The molecule has 1 aliphatic rings. The monoisotopic (exact) mass is 240 g/mol. The van der Waals surface area contributed by atoms with Gasteiger partial charge >= 0.3 is 0 Å². The van der Waals surface area contributed by atoms with E-state index in [9.17, 15) is 9.59 Å². The molecular weight excluding hydrogens is 216 g/mol. The Kier molecular flexibility index (Phi) is 5.45. The van der Waals surface area contributed by atoms with Gasteiger partial charge in [0.1, 0.15) is 6.04 Å². The molecule has 0 saturated carbocycles. The lowest BCUT2D eigenvalue weighted by atomic mass is 10.1. The summed E-state index contributed by atoms with van der Waals surface area (Å²) in [5.41, 5.74) is 0. The molecule has 1 fully saturated rings. The van der Waals surface area contributed by atoms with Crippen LogP contribution in [0.5, 0.6) is 0 Å². The van der Waals surface area contributed by atoms with Crippen molar-refractivity contribution < 1.29 is 9.59 Å². The van der Waals surface area contributed by atoms with Crippen molar-refractivity contribution in [3.8, 4) is 0 Å². The van der Waals surface area contributed by atoms with Gasteiger partial charge in [-0.25, -0.2) is 0 Å². The second-order valence-corrected chi connectivity index (χ2v) is 5.27.